The highest BCUT2D eigenvalue weighted by molar-refractivity contribution is 5.43. The molecule has 0 amide bonds. The van der Waals surface area contributed by atoms with E-state index in [2.05, 4.69) is 10.2 Å². The summed E-state index contributed by atoms with van der Waals surface area (Å²) in [4.78, 5) is 13.0. The average molecular weight is 293 g/mol. The van der Waals surface area contributed by atoms with E-state index in [1.807, 2.05) is 19.1 Å². The molecule has 0 radical (unpaired) electrons. The summed E-state index contributed by atoms with van der Waals surface area (Å²) in [5.41, 5.74) is 1.84. The topological polar surface area (TPSA) is 67.6 Å². The van der Waals surface area contributed by atoms with Crippen molar-refractivity contribution in [2.24, 2.45) is 0 Å². The van der Waals surface area contributed by atoms with Crippen LogP contribution in [0.15, 0.2) is 18.2 Å². The molecule has 1 aliphatic rings. The van der Waals surface area contributed by atoms with Crippen LogP contribution in [0.1, 0.15) is 24.1 Å². The average Bonchev–Trinajstić information content (AvgIpc) is 2.48. The zero-order chi connectivity index (χ0) is 15.2. The lowest BCUT2D eigenvalue weighted by Crippen LogP contribution is -2.40. The minimum absolute atomic E-state index is 0.102. The molecule has 1 aliphatic heterocycles. The Morgan fingerprint density at radius 2 is 2.14 bits per heavy atom. The number of hydrogen-bond donors (Lipinski definition) is 1. The summed E-state index contributed by atoms with van der Waals surface area (Å²) in [6.07, 6.45) is 0. The Kier molecular flexibility index (Phi) is 5.67. The zero-order valence-electron chi connectivity index (χ0n) is 12.7. The van der Waals surface area contributed by atoms with E-state index in [4.69, 9.17) is 4.74 Å². The minimum Gasteiger partial charge on any atom is -0.379 e. The zero-order valence-corrected chi connectivity index (χ0v) is 12.7. The first-order valence-corrected chi connectivity index (χ1v) is 7.36. The highest BCUT2D eigenvalue weighted by Gasteiger charge is 2.15. The van der Waals surface area contributed by atoms with Crippen molar-refractivity contribution in [3.8, 4) is 0 Å². The van der Waals surface area contributed by atoms with E-state index in [9.17, 15) is 10.1 Å². The van der Waals surface area contributed by atoms with Crippen molar-refractivity contribution in [1.82, 2.24) is 10.2 Å². The van der Waals surface area contributed by atoms with Gasteiger partial charge >= 0.3 is 0 Å². The Morgan fingerprint density at radius 1 is 1.43 bits per heavy atom. The minimum atomic E-state index is -0.320. The summed E-state index contributed by atoms with van der Waals surface area (Å²) in [7, 11) is 0. The first-order chi connectivity index (χ1) is 10.1. The molecule has 1 saturated heterocycles. The molecule has 0 saturated carbocycles. The lowest BCUT2D eigenvalue weighted by molar-refractivity contribution is -0.385. The number of benzene rings is 1. The van der Waals surface area contributed by atoms with Gasteiger partial charge in [-0.2, -0.15) is 0 Å². The Labute approximate surface area is 125 Å². The van der Waals surface area contributed by atoms with Gasteiger partial charge in [0.2, 0.25) is 0 Å². The molecule has 1 unspecified atom stereocenters. The number of hydrogen-bond acceptors (Lipinski definition) is 5. The van der Waals surface area contributed by atoms with Gasteiger partial charge in [0.25, 0.3) is 5.69 Å². The lowest BCUT2D eigenvalue weighted by atomic mass is 10.0. The van der Waals surface area contributed by atoms with Gasteiger partial charge in [-0.05, 0) is 19.4 Å². The molecular weight excluding hydrogens is 270 g/mol. The smallest absolute Gasteiger partial charge is 0.272 e. The monoisotopic (exact) mass is 293 g/mol. The predicted octanol–water partition coefficient (Wildman–Crippen LogP) is 1.89. The van der Waals surface area contributed by atoms with Crippen LogP contribution < -0.4 is 5.32 Å². The van der Waals surface area contributed by atoms with E-state index in [0.717, 1.165) is 45.0 Å². The molecule has 2 rings (SSSR count). The maximum absolute atomic E-state index is 11.0. The van der Waals surface area contributed by atoms with Crippen LogP contribution in [-0.4, -0.2) is 49.2 Å². The molecular formula is C15H23N3O3. The van der Waals surface area contributed by atoms with Crippen LogP contribution in [0, 0.1) is 17.0 Å². The molecule has 0 aliphatic carbocycles. The second-order valence-corrected chi connectivity index (χ2v) is 5.43. The Balaban J connectivity index is 1.86. The second kappa shape index (κ2) is 7.49. The fourth-order valence-corrected chi connectivity index (χ4v) is 2.47. The molecule has 6 heteroatoms. The van der Waals surface area contributed by atoms with Gasteiger partial charge in [0, 0.05) is 43.9 Å². The Hall–Kier alpha value is -1.50. The largest absolute Gasteiger partial charge is 0.379 e. The fraction of sp³-hybridized carbons (Fsp3) is 0.600. The summed E-state index contributed by atoms with van der Waals surface area (Å²) < 4.78 is 5.32. The van der Waals surface area contributed by atoms with Crippen LogP contribution in [0.2, 0.25) is 0 Å². The van der Waals surface area contributed by atoms with Crippen molar-refractivity contribution in [1.29, 1.82) is 0 Å². The predicted molar refractivity (Wildman–Crippen MR) is 81.5 cm³/mol. The molecule has 0 bridgehead atoms. The highest BCUT2D eigenvalue weighted by Crippen LogP contribution is 2.23. The summed E-state index contributed by atoms with van der Waals surface area (Å²) in [6.45, 7) is 9.20. The normalized spacial score (nSPS) is 17.6. The second-order valence-electron chi connectivity index (χ2n) is 5.43. The molecule has 1 fully saturated rings. The van der Waals surface area contributed by atoms with Gasteiger partial charge in [-0.1, -0.05) is 12.1 Å². The van der Waals surface area contributed by atoms with Gasteiger partial charge in [0.1, 0.15) is 0 Å². The number of aryl methyl sites for hydroxylation is 1. The number of morpholine rings is 1. The van der Waals surface area contributed by atoms with Crippen molar-refractivity contribution in [3.63, 3.8) is 0 Å². The van der Waals surface area contributed by atoms with Gasteiger partial charge in [-0.25, -0.2) is 0 Å². The molecule has 0 aromatic heterocycles. The van der Waals surface area contributed by atoms with Crippen molar-refractivity contribution in [2.45, 2.75) is 19.9 Å². The maximum atomic E-state index is 11.0. The summed E-state index contributed by atoms with van der Waals surface area (Å²) in [6, 6.07) is 5.54. The molecule has 21 heavy (non-hydrogen) atoms. The summed E-state index contributed by atoms with van der Waals surface area (Å²) in [5.74, 6) is 0. The van der Waals surface area contributed by atoms with Crippen LogP contribution in [0.5, 0.6) is 0 Å². The molecule has 1 aromatic rings. The molecule has 1 N–H and O–H groups in total. The van der Waals surface area contributed by atoms with Gasteiger partial charge < -0.3 is 10.1 Å². The SMILES string of the molecule is Cc1ccc(C(C)NCCN2CCOCC2)cc1[N+](=O)[O-]. The Morgan fingerprint density at radius 3 is 2.81 bits per heavy atom. The first kappa shape index (κ1) is 15.9. The quantitative estimate of drug-likeness (QED) is 0.641. The van der Waals surface area contributed by atoms with E-state index in [0.29, 0.717) is 5.56 Å². The first-order valence-electron chi connectivity index (χ1n) is 7.36. The molecule has 6 nitrogen and oxygen atoms in total. The fourth-order valence-electron chi connectivity index (χ4n) is 2.47. The van der Waals surface area contributed by atoms with Crippen LogP contribution in [-0.2, 0) is 4.74 Å². The van der Waals surface area contributed by atoms with Gasteiger partial charge in [0.05, 0.1) is 18.1 Å². The molecule has 1 aromatic carbocycles. The van der Waals surface area contributed by atoms with Crippen LogP contribution in [0.25, 0.3) is 0 Å². The molecule has 116 valence electrons. The van der Waals surface area contributed by atoms with E-state index in [1.165, 1.54) is 0 Å². The molecule has 0 spiro atoms. The summed E-state index contributed by atoms with van der Waals surface area (Å²) in [5, 5.41) is 14.4. The van der Waals surface area contributed by atoms with Crippen LogP contribution >= 0.6 is 0 Å². The van der Waals surface area contributed by atoms with Crippen molar-refractivity contribution in [3.05, 3.63) is 39.4 Å². The lowest BCUT2D eigenvalue weighted by Gasteiger charge is -2.27. The van der Waals surface area contributed by atoms with E-state index >= 15 is 0 Å². The van der Waals surface area contributed by atoms with Crippen molar-refractivity contribution >= 4 is 5.69 Å². The number of ether oxygens (including phenoxy) is 1. The van der Waals surface area contributed by atoms with Crippen molar-refractivity contribution in [2.75, 3.05) is 39.4 Å². The third-order valence-corrected chi connectivity index (χ3v) is 3.91. The van der Waals surface area contributed by atoms with E-state index in [-0.39, 0.29) is 16.7 Å². The standard InChI is InChI=1S/C15H23N3O3/c1-12-3-4-14(11-15(12)18(19)20)13(2)16-5-6-17-7-9-21-10-8-17/h3-4,11,13,16H,5-10H2,1-2H3. The van der Waals surface area contributed by atoms with Gasteiger partial charge in [0.15, 0.2) is 0 Å². The van der Waals surface area contributed by atoms with Gasteiger partial charge in [-0.3, -0.25) is 15.0 Å². The third kappa shape index (κ3) is 4.49. The Bertz CT molecular complexity index is 487. The van der Waals surface area contributed by atoms with Crippen molar-refractivity contribution < 1.29 is 9.66 Å². The molecule has 1 heterocycles. The van der Waals surface area contributed by atoms with Crippen LogP contribution in [0.4, 0.5) is 5.69 Å². The third-order valence-electron chi connectivity index (χ3n) is 3.91. The number of nitro groups is 1. The maximum Gasteiger partial charge on any atom is 0.272 e. The highest BCUT2D eigenvalue weighted by atomic mass is 16.6. The molecule has 1 atom stereocenters. The van der Waals surface area contributed by atoms with E-state index in [1.54, 1.807) is 13.0 Å². The number of rotatable bonds is 6. The number of nitrogens with zero attached hydrogens (tertiary/aromatic N) is 2. The van der Waals surface area contributed by atoms with Crippen LogP contribution in [0.3, 0.4) is 0 Å². The van der Waals surface area contributed by atoms with Gasteiger partial charge in [-0.15, -0.1) is 0 Å². The number of nitrogens with one attached hydrogen (secondary N) is 1. The summed E-state index contributed by atoms with van der Waals surface area (Å²) >= 11 is 0. The number of nitro benzene ring substituents is 1. The van der Waals surface area contributed by atoms with E-state index < -0.39 is 0 Å².